The number of piperidine rings is 1. The van der Waals surface area contributed by atoms with E-state index in [-0.39, 0.29) is 0 Å². The van der Waals surface area contributed by atoms with E-state index in [1.54, 1.807) is 6.26 Å². The van der Waals surface area contributed by atoms with Crippen LogP contribution in [0.5, 0.6) is 0 Å². The van der Waals surface area contributed by atoms with E-state index in [1.807, 2.05) is 0 Å². The van der Waals surface area contributed by atoms with Gasteiger partial charge in [-0.15, -0.1) is 0 Å². The van der Waals surface area contributed by atoms with E-state index in [2.05, 4.69) is 10.0 Å². The van der Waals surface area contributed by atoms with E-state index in [9.17, 15) is 4.21 Å². The summed E-state index contributed by atoms with van der Waals surface area (Å²) in [6.45, 7) is 2.10. The summed E-state index contributed by atoms with van der Waals surface area (Å²) in [5.41, 5.74) is 0. The van der Waals surface area contributed by atoms with Gasteiger partial charge in [-0.05, 0) is 25.9 Å². The second kappa shape index (κ2) is 4.05. The molecule has 0 bridgehead atoms. The minimum absolute atomic E-state index is 0.465. The minimum atomic E-state index is -0.841. The third-order valence-corrected chi connectivity index (χ3v) is 2.34. The maximum absolute atomic E-state index is 10.7. The van der Waals surface area contributed by atoms with Gasteiger partial charge in [-0.2, -0.15) is 0 Å². The van der Waals surface area contributed by atoms with Crippen LogP contribution in [0, 0.1) is 0 Å². The SMILES string of the molecule is CS(=O)NC1CCNCC1. The summed E-state index contributed by atoms with van der Waals surface area (Å²) in [6, 6.07) is 0.465. The van der Waals surface area contributed by atoms with Crippen molar-refractivity contribution in [2.24, 2.45) is 0 Å². The smallest absolute Gasteiger partial charge is 0.0886 e. The normalized spacial score (nSPS) is 24.5. The Labute approximate surface area is 64.2 Å². The summed E-state index contributed by atoms with van der Waals surface area (Å²) in [7, 11) is -0.841. The van der Waals surface area contributed by atoms with Gasteiger partial charge in [0, 0.05) is 12.3 Å². The van der Waals surface area contributed by atoms with E-state index in [0.29, 0.717) is 6.04 Å². The molecule has 0 saturated carbocycles. The standard InChI is InChI=1S/C6H14N2OS/c1-10(9)8-6-2-4-7-5-3-6/h6-8H,2-5H2,1H3. The number of nitrogens with one attached hydrogen (secondary N) is 2. The molecule has 0 radical (unpaired) electrons. The lowest BCUT2D eigenvalue weighted by molar-refractivity contribution is 0.435. The summed E-state index contributed by atoms with van der Waals surface area (Å²) in [5, 5.41) is 3.25. The Kier molecular flexibility index (Phi) is 3.31. The van der Waals surface area contributed by atoms with Gasteiger partial charge in [-0.1, -0.05) is 0 Å². The van der Waals surface area contributed by atoms with Gasteiger partial charge in [-0.25, -0.2) is 8.93 Å². The van der Waals surface area contributed by atoms with Crippen LogP contribution in [0.25, 0.3) is 0 Å². The predicted molar refractivity (Wildman–Crippen MR) is 43.1 cm³/mol. The van der Waals surface area contributed by atoms with Crippen molar-refractivity contribution in [3.05, 3.63) is 0 Å². The molecule has 1 rings (SSSR count). The highest BCUT2D eigenvalue weighted by atomic mass is 32.2. The molecule has 1 aliphatic heterocycles. The Bertz CT molecular complexity index is 123. The fourth-order valence-corrected chi connectivity index (χ4v) is 1.88. The molecular formula is C6H14N2OS. The molecule has 1 aliphatic rings. The lowest BCUT2D eigenvalue weighted by Gasteiger charge is -2.22. The van der Waals surface area contributed by atoms with E-state index >= 15 is 0 Å². The Balaban J connectivity index is 2.19. The van der Waals surface area contributed by atoms with Crippen molar-refractivity contribution in [3.63, 3.8) is 0 Å². The molecule has 0 aromatic rings. The van der Waals surface area contributed by atoms with Crippen molar-refractivity contribution >= 4 is 11.0 Å². The van der Waals surface area contributed by atoms with Crippen LogP contribution in [0.15, 0.2) is 0 Å². The van der Waals surface area contributed by atoms with Gasteiger partial charge in [0.1, 0.15) is 0 Å². The first-order valence-corrected chi connectivity index (χ1v) is 5.15. The summed E-state index contributed by atoms with van der Waals surface area (Å²) in [4.78, 5) is 0. The summed E-state index contributed by atoms with van der Waals surface area (Å²) in [5.74, 6) is 0. The molecule has 60 valence electrons. The Morgan fingerprint density at radius 1 is 1.50 bits per heavy atom. The van der Waals surface area contributed by atoms with Crippen molar-refractivity contribution < 1.29 is 4.21 Å². The number of rotatable bonds is 2. The molecule has 1 unspecified atom stereocenters. The molecule has 0 spiro atoms. The molecule has 0 aromatic heterocycles. The molecule has 1 heterocycles. The first-order chi connectivity index (χ1) is 4.79. The summed E-state index contributed by atoms with van der Waals surface area (Å²) in [6.07, 6.45) is 3.88. The van der Waals surface area contributed by atoms with Gasteiger partial charge in [0.15, 0.2) is 0 Å². The molecule has 4 heteroatoms. The fraction of sp³-hybridized carbons (Fsp3) is 1.00. The molecule has 1 fully saturated rings. The third-order valence-electron chi connectivity index (χ3n) is 1.67. The Morgan fingerprint density at radius 3 is 2.60 bits per heavy atom. The molecule has 3 nitrogen and oxygen atoms in total. The van der Waals surface area contributed by atoms with Crippen LogP contribution in [0.1, 0.15) is 12.8 Å². The van der Waals surface area contributed by atoms with Crippen LogP contribution in [0.3, 0.4) is 0 Å². The second-order valence-corrected chi connectivity index (χ2v) is 3.74. The van der Waals surface area contributed by atoms with Crippen molar-refractivity contribution in [2.45, 2.75) is 18.9 Å². The monoisotopic (exact) mass is 162 g/mol. The van der Waals surface area contributed by atoms with Gasteiger partial charge < -0.3 is 5.32 Å². The maximum Gasteiger partial charge on any atom is 0.0886 e. The van der Waals surface area contributed by atoms with Crippen LogP contribution in [-0.2, 0) is 11.0 Å². The quantitative estimate of drug-likeness (QED) is 0.581. The van der Waals surface area contributed by atoms with Gasteiger partial charge in [0.2, 0.25) is 0 Å². The van der Waals surface area contributed by atoms with Gasteiger partial charge in [0.25, 0.3) is 0 Å². The van der Waals surface area contributed by atoms with Crippen molar-refractivity contribution in [3.8, 4) is 0 Å². The molecule has 0 amide bonds. The molecule has 10 heavy (non-hydrogen) atoms. The summed E-state index contributed by atoms with van der Waals surface area (Å²) >= 11 is 0. The van der Waals surface area contributed by atoms with Gasteiger partial charge in [0.05, 0.1) is 11.0 Å². The van der Waals surface area contributed by atoms with Crippen molar-refractivity contribution in [2.75, 3.05) is 19.3 Å². The first kappa shape index (κ1) is 8.17. The van der Waals surface area contributed by atoms with Crippen LogP contribution in [0.2, 0.25) is 0 Å². The number of hydrogen-bond donors (Lipinski definition) is 2. The average Bonchev–Trinajstić information content (AvgIpc) is 1.88. The zero-order chi connectivity index (χ0) is 7.40. The fourth-order valence-electron chi connectivity index (χ4n) is 1.17. The van der Waals surface area contributed by atoms with Crippen molar-refractivity contribution in [1.29, 1.82) is 0 Å². The second-order valence-electron chi connectivity index (χ2n) is 2.60. The zero-order valence-electron chi connectivity index (χ0n) is 6.22. The maximum atomic E-state index is 10.7. The molecule has 1 saturated heterocycles. The first-order valence-electron chi connectivity index (χ1n) is 3.59. The zero-order valence-corrected chi connectivity index (χ0v) is 7.04. The largest absolute Gasteiger partial charge is 0.317 e. The third kappa shape index (κ3) is 2.77. The van der Waals surface area contributed by atoms with E-state index < -0.39 is 11.0 Å². The van der Waals surface area contributed by atoms with Crippen LogP contribution >= 0.6 is 0 Å². The average molecular weight is 162 g/mol. The summed E-state index contributed by atoms with van der Waals surface area (Å²) < 4.78 is 13.7. The van der Waals surface area contributed by atoms with E-state index in [4.69, 9.17) is 0 Å². The van der Waals surface area contributed by atoms with Crippen LogP contribution < -0.4 is 10.0 Å². The molecule has 0 aliphatic carbocycles. The lowest BCUT2D eigenvalue weighted by Crippen LogP contribution is -2.40. The van der Waals surface area contributed by atoms with Crippen LogP contribution in [-0.4, -0.2) is 29.6 Å². The van der Waals surface area contributed by atoms with Gasteiger partial charge >= 0.3 is 0 Å². The topological polar surface area (TPSA) is 41.1 Å². The molecule has 2 N–H and O–H groups in total. The Hall–Kier alpha value is 0.0700. The van der Waals surface area contributed by atoms with E-state index in [0.717, 1.165) is 25.9 Å². The lowest BCUT2D eigenvalue weighted by atomic mass is 10.1. The van der Waals surface area contributed by atoms with Crippen LogP contribution in [0.4, 0.5) is 0 Å². The van der Waals surface area contributed by atoms with Gasteiger partial charge in [-0.3, -0.25) is 0 Å². The van der Waals surface area contributed by atoms with E-state index in [1.165, 1.54) is 0 Å². The predicted octanol–water partition coefficient (Wildman–Crippen LogP) is -0.379. The van der Waals surface area contributed by atoms with Crippen molar-refractivity contribution in [1.82, 2.24) is 10.0 Å². The minimum Gasteiger partial charge on any atom is -0.317 e. The molecular weight excluding hydrogens is 148 g/mol. The highest BCUT2D eigenvalue weighted by Crippen LogP contribution is 2.01. The highest BCUT2D eigenvalue weighted by Gasteiger charge is 2.12. The molecule has 1 atom stereocenters. The Morgan fingerprint density at radius 2 is 2.10 bits per heavy atom. The molecule has 0 aromatic carbocycles. The highest BCUT2D eigenvalue weighted by molar-refractivity contribution is 7.82. The number of hydrogen-bond acceptors (Lipinski definition) is 2.